The highest BCUT2D eigenvalue weighted by atomic mass is 16.1. The van der Waals surface area contributed by atoms with Crippen molar-refractivity contribution in [2.24, 2.45) is 5.92 Å². The van der Waals surface area contributed by atoms with Crippen molar-refractivity contribution in [3.8, 4) is 0 Å². The lowest BCUT2D eigenvalue weighted by Crippen LogP contribution is -2.30. The molecule has 6 nitrogen and oxygen atoms in total. The monoisotopic (exact) mass is 426 g/mol. The van der Waals surface area contributed by atoms with E-state index in [1.807, 2.05) is 48.5 Å². The van der Waals surface area contributed by atoms with Gasteiger partial charge in [-0.3, -0.25) is 14.6 Å². The third-order valence-corrected chi connectivity index (χ3v) is 6.29. The number of ketones is 2. The van der Waals surface area contributed by atoms with Gasteiger partial charge in [-0.1, -0.05) is 30.3 Å². The number of H-pyrrole nitrogens is 1. The predicted octanol–water partition coefficient (Wildman–Crippen LogP) is 4.50. The van der Waals surface area contributed by atoms with Gasteiger partial charge in [0.25, 0.3) is 0 Å². The van der Waals surface area contributed by atoms with Crippen LogP contribution in [0.15, 0.2) is 54.7 Å². The second-order valence-electron chi connectivity index (χ2n) is 8.58. The summed E-state index contributed by atoms with van der Waals surface area (Å²) in [6.45, 7) is 2.07. The Morgan fingerprint density at radius 2 is 1.91 bits per heavy atom. The molecule has 1 unspecified atom stereocenters. The summed E-state index contributed by atoms with van der Waals surface area (Å²) in [4.78, 5) is 37.9. The minimum absolute atomic E-state index is 0.104. The third kappa shape index (κ3) is 4.32. The van der Waals surface area contributed by atoms with Gasteiger partial charge in [0.1, 0.15) is 11.5 Å². The van der Waals surface area contributed by atoms with Crippen LogP contribution in [0.3, 0.4) is 0 Å². The minimum atomic E-state index is -0.104. The van der Waals surface area contributed by atoms with Crippen LogP contribution in [0.25, 0.3) is 21.8 Å². The molecule has 1 atom stereocenters. The molecule has 0 bridgehead atoms. The van der Waals surface area contributed by atoms with E-state index in [0.717, 1.165) is 35.8 Å². The number of rotatable bonds is 7. The Kier molecular flexibility index (Phi) is 5.77. The minimum Gasteiger partial charge on any atom is -0.342 e. The number of piperidine rings is 1. The van der Waals surface area contributed by atoms with Crippen LogP contribution in [0.5, 0.6) is 0 Å². The van der Waals surface area contributed by atoms with E-state index in [2.05, 4.69) is 20.3 Å². The fourth-order valence-electron chi connectivity index (χ4n) is 4.51. The lowest BCUT2D eigenvalue weighted by atomic mass is 9.92. The van der Waals surface area contributed by atoms with E-state index < -0.39 is 0 Å². The summed E-state index contributed by atoms with van der Waals surface area (Å²) >= 11 is 0. The summed E-state index contributed by atoms with van der Waals surface area (Å²) in [6.07, 6.45) is 5.61. The van der Waals surface area contributed by atoms with Crippen molar-refractivity contribution >= 4 is 33.4 Å². The first kappa shape index (κ1) is 20.5. The maximum absolute atomic E-state index is 12.9. The number of Topliss-reactive ketones (excluding diaryl/α,β-unsaturated/α-hetero) is 2. The maximum atomic E-state index is 12.9. The van der Waals surface area contributed by atoms with E-state index in [9.17, 15) is 9.59 Å². The number of aromatic amines is 1. The number of benzene rings is 2. The summed E-state index contributed by atoms with van der Waals surface area (Å²) < 4.78 is 0. The highest BCUT2D eigenvalue weighted by molar-refractivity contribution is 6.06. The number of aromatic nitrogens is 3. The van der Waals surface area contributed by atoms with Crippen LogP contribution < -0.4 is 5.32 Å². The molecule has 6 heteroatoms. The summed E-state index contributed by atoms with van der Waals surface area (Å²) in [5.74, 6) is 1.12. The zero-order chi connectivity index (χ0) is 21.9. The molecule has 162 valence electrons. The Balaban J connectivity index is 1.32. The molecule has 32 heavy (non-hydrogen) atoms. The number of fused-ring (bicyclic) bond motifs is 2. The average Bonchev–Trinajstić information content (AvgIpc) is 3.25. The molecule has 1 aliphatic rings. The molecule has 0 radical (unpaired) electrons. The molecule has 0 saturated carbocycles. The molecule has 2 aromatic heterocycles. The molecule has 1 fully saturated rings. The first-order chi connectivity index (χ1) is 15.7. The quantitative estimate of drug-likeness (QED) is 0.425. The number of carbonyl (C=O) groups is 2. The molecule has 2 aromatic carbocycles. The van der Waals surface area contributed by atoms with Gasteiger partial charge < -0.3 is 10.3 Å². The Bertz CT molecular complexity index is 1290. The highest BCUT2D eigenvalue weighted by Gasteiger charge is 2.19. The van der Waals surface area contributed by atoms with Gasteiger partial charge in [0.05, 0.1) is 17.5 Å². The van der Waals surface area contributed by atoms with E-state index in [1.165, 1.54) is 12.8 Å². The van der Waals surface area contributed by atoms with Gasteiger partial charge in [-0.2, -0.15) is 0 Å². The van der Waals surface area contributed by atoms with Crippen molar-refractivity contribution in [3.63, 3.8) is 0 Å². The number of imidazole rings is 1. The zero-order valence-corrected chi connectivity index (χ0v) is 17.9. The largest absolute Gasteiger partial charge is 0.342 e. The molecule has 3 heterocycles. The number of hydrogen-bond acceptors (Lipinski definition) is 5. The smallest absolute Gasteiger partial charge is 0.188 e. The van der Waals surface area contributed by atoms with Gasteiger partial charge in [-0.15, -0.1) is 0 Å². The first-order valence-electron chi connectivity index (χ1n) is 11.3. The zero-order valence-electron chi connectivity index (χ0n) is 17.9. The van der Waals surface area contributed by atoms with Crippen molar-refractivity contribution in [2.45, 2.75) is 32.1 Å². The van der Waals surface area contributed by atoms with E-state index in [4.69, 9.17) is 0 Å². The van der Waals surface area contributed by atoms with Crippen molar-refractivity contribution in [1.29, 1.82) is 0 Å². The highest BCUT2D eigenvalue weighted by Crippen LogP contribution is 2.22. The number of nitrogens with one attached hydrogen (secondary N) is 2. The molecule has 0 aliphatic carbocycles. The number of nitrogens with zero attached hydrogens (tertiary/aromatic N) is 2. The fraction of sp³-hybridized carbons (Fsp3) is 0.308. The third-order valence-electron chi connectivity index (χ3n) is 6.29. The molecular formula is C26H26N4O2. The normalized spacial score (nSPS) is 16.4. The molecule has 0 spiro atoms. The Labute approximate surface area is 186 Å². The summed E-state index contributed by atoms with van der Waals surface area (Å²) in [7, 11) is 0. The maximum Gasteiger partial charge on any atom is 0.188 e. The standard InChI is InChI=1S/C26H26N4O2/c31-23(11-10-17-5-4-12-27-15-17)20-8-3-9-21-26(20)30-25(29-21)14-24(32)22-13-18-6-1-2-7-19(18)16-28-22/h1-3,6-9,13,16-17,27H,4-5,10-12,14-15H2,(H,29,30). The van der Waals surface area contributed by atoms with Crippen LogP contribution in [0.2, 0.25) is 0 Å². The van der Waals surface area contributed by atoms with Crippen LogP contribution >= 0.6 is 0 Å². The van der Waals surface area contributed by atoms with E-state index in [-0.39, 0.29) is 18.0 Å². The Hall–Kier alpha value is -3.38. The number of carbonyl (C=O) groups excluding carboxylic acids is 2. The first-order valence-corrected chi connectivity index (χ1v) is 11.3. The second-order valence-corrected chi connectivity index (χ2v) is 8.58. The summed E-state index contributed by atoms with van der Waals surface area (Å²) in [5.41, 5.74) is 2.48. The van der Waals surface area contributed by atoms with Crippen LogP contribution in [-0.2, 0) is 6.42 Å². The number of para-hydroxylation sites is 1. The lowest BCUT2D eigenvalue weighted by Gasteiger charge is -2.22. The number of pyridine rings is 1. The average molecular weight is 427 g/mol. The molecule has 0 amide bonds. The van der Waals surface area contributed by atoms with Crippen molar-refractivity contribution in [2.75, 3.05) is 13.1 Å². The van der Waals surface area contributed by atoms with Crippen LogP contribution in [-0.4, -0.2) is 39.6 Å². The lowest BCUT2D eigenvalue weighted by molar-refractivity contribution is 0.0970. The molecule has 2 N–H and O–H groups in total. The summed E-state index contributed by atoms with van der Waals surface area (Å²) in [5, 5.41) is 5.39. The van der Waals surface area contributed by atoms with E-state index >= 15 is 0 Å². The van der Waals surface area contributed by atoms with Gasteiger partial charge in [0.15, 0.2) is 11.6 Å². The molecular weight excluding hydrogens is 400 g/mol. The van der Waals surface area contributed by atoms with Gasteiger partial charge in [0, 0.05) is 23.6 Å². The van der Waals surface area contributed by atoms with Gasteiger partial charge in [-0.25, -0.2) is 4.98 Å². The summed E-state index contributed by atoms with van der Waals surface area (Å²) in [6, 6.07) is 15.2. The SMILES string of the molecule is O=C(Cc1nc2c(C(=O)CCC3CCCNC3)cccc2[nH]1)c1cc2ccccc2cn1. The molecule has 4 aromatic rings. The van der Waals surface area contributed by atoms with Crippen LogP contribution in [0.4, 0.5) is 0 Å². The molecule has 1 saturated heterocycles. The molecule has 5 rings (SSSR count). The fourth-order valence-corrected chi connectivity index (χ4v) is 4.51. The predicted molar refractivity (Wildman–Crippen MR) is 125 cm³/mol. The Morgan fingerprint density at radius 1 is 1.03 bits per heavy atom. The van der Waals surface area contributed by atoms with Crippen LogP contribution in [0, 0.1) is 5.92 Å². The van der Waals surface area contributed by atoms with Gasteiger partial charge in [0.2, 0.25) is 0 Å². The van der Waals surface area contributed by atoms with Crippen molar-refractivity contribution < 1.29 is 9.59 Å². The van der Waals surface area contributed by atoms with Crippen molar-refractivity contribution in [3.05, 3.63) is 71.8 Å². The second kappa shape index (κ2) is 9.01. The van der Waals surface area contributed by atoms with E-state index in [0.29, 0.717) is 34.9 Å². The topological polar surface area (TPSA) is 87.7 Å². The van der Waals surface area contributed by atoms with Crippen molar-refractivity contribution in [1.82, 2.24) is 20.3 Å². The van der Waals surface area contributed by atoms with Gasteiger partial charge in [-0.05, 0) is 61.9 Å². The number of hydrogen-bond donors (Lipinski definition) is 2. The van der Waals surface area contributed by atoms with E-state index in [1.54, 1.807) is 6.20 Å². The Morgan fingerprint density at radius 3 is 2.75 bits per heavy atom. The van der Waals surface area contributed by atoms with Crippen LogP contribution in [0.1, 0.15) is 52.4 Å². The van der Waals surface area contributed by atoms with Gasteiger partial charge >= 0.3 is 0 Å². The molecule has 1 aliphatic heterocycles.